The SMILES string of the molecule is CCS(=O)(=O)N1CCc2cc(C(=O)NC(C)CCc3ccccc3)ccc21. The Morgan fingerprint density at radius 3 is 2.63 bits per heavy atom. The molecule has 0 fully saturated rings. The summed E-state index contributed by atoms with van der Waals surface area (Å²) in [6.07, 6.45) is 2.42. The van der Waals surface area contributed by atoms with Crippen LogP contribution in [0.4, 0.5) is 5.69 Å². The van der Waals surface area contributed by atoms with Crippen molar-refractivity contribution >= 4 is 21.6 Å². The Balaban J connectivity index is 1.63. The van der Waals surface area contributed by atoms with E-state index in [2.05, 4.69) is 17.4 Å². The van der Waals surface area contributed by atoms with E-state index in [9.17, 15) is 13.2 Å². The monoisotopic (exact) mass is 386 g/mol. The van der Waals surface area contributed by atoms with Gasteiger partial charge in [-0.1, -0.05) is 30.3 Å². The normalized spacial score (nSPS) is 14.7. The molecule has 0 spiro atoms. The lowest BCUT2D eigenvalue weighted by Crippen LogP contribution is -2.33. The summed E-state index contributed by atoms with van der Waals surface area (Å²) in [5, 5.41) is 3.04. The van der Waals surface area contributed by atoms with Crippen LogP contribution < -0.4 is 9.62 Å². The van der Waals surface area contributed by atoms with Crippen molar-refractivity contribution in [2.45, 2.75) is 39.2 Å². The molecule has 1 heterocycles. The number of nitrogens with one attached hydrogen (secondary N) is 1. The molecule has 0 bridgehead atoms. The van der Waals surface area contributed by atoms with Gasteiger partial charge in [0.25, 0.3) is 5.91 Å². The molecule has 0 radical (unpaired) electrons. The number of amides is 1. The molecule has 2 aromatic rings. The fourth-order valence-electron chi connectivity index (χ4n) is 3.36. The second kappa shape index (κ2) is 8.13. The smallest absolute Gasteiger partial charge is 0.251 e. The van der Waals surface area contributed by atoms with Crippen LogP contribution in [0.5, 0.6) is 0 Å². The number of benzene rings is 2. The Morgan fingerprint density at radius 2 is 1.93 bits per heavy atom. The molecule has 0 saturated carbocycles. The van der Waals surface area contributed by atoms with Crippen molar-refractivity contribution in [3.05, 3.63) is 65.2 Å². The molecule has 144 valence electrons. The van der Waals surface area contributed by atoms with E-state index in [0.29, 0.717) is 24.2 Å². The lowest BCUT2D eigenvalue weighted by atomic mass is 10.0. The van der Waals surface area contributed by atoms with Gasteiger partial charge < -0.3 is 5.32 Å². The van der Waals surface area contributed by atoms with Crippen LogP contribution in [-0.4, -0.2) is 32.7 Å². The van der Waals surface area contributed by atoms with E-state index in [1.165, 1.54) is 9.87 Å². The molecular weight excluding hydrogens is 360 g/mol. The van der Waals surface area contributed by atoms with E-state index in [0.717, 1.165) is 18.4 Å². The number of nitrogens with zero attached hydrogens (tertiary/aromatic N) is 1. The van der Waals surface area contributed by atoms with E-state index in [1.54, 1.807) is 19.1 Å². The predicted molar refractivity (Wildman–Crippen MR) is 109 cm³/mol. The zero-order valence-corrected chi connectivity index (χ0v) is 16.6. The summed E-state index contributed by atoms with van der Waals surface area (Å²) in [5.74, 6) is -0.0386. The summed E-state index contributed by atoms with van der Waals surface area (Å²) in [6.45, 7) is 4.10. The molecule has 27 heavy (non-hydrogen) atoms. The van der Waals surface area contributed by atoms with E-state index >= 15 is 0 Å². The highest BCUT2D eigenvalue weighted by atomic mass is 32.2. The average molecular weight is 387 g/mol. The lowest BCUT2D eigenvalue weighted by Gasteiger charge is -2.18. The Bertz CT molecular complexity index is 910. The third-order valence-electron chi connectivity index (χ3n) is 4.98. The number of sulfonamides is 1. The molecule has 1 N–H and O–H groups in total. The van der Waals surface area contributed by atoms with Crippen molar-refractivity contribution in [2.24, 2.45) is 0 Å². The molecule has 2 aromatic carbocycles. The Morgan fingerprint density at radius 1 is 1.19 bits per heavy atom. The fraction of sp³-hybridized carbons (Fsp3) is 0.381. The molecule has 6 heteroatoms. The minimum atomic E-state index is -3.26. The lowest BCUT2D eigenvalue weighted by molar-refractivity contribution is 0.0938. The van der Waals surface area contributed by atoms with E-state index in [-0.39, 0.29) is 17.7 Å². The third-order valence-corrected chi connectivity index (χ3v) is 6.76. The minimum absolute atomic E-state index is 0.0583. The Labute approximate surface area is 161 Å². The van der Waals surface area contributed by atoms with Crippen LogP contribution in [0.1, 0.15) is 41.8 Å². The third kappa shape index (κ3) is 4.50. The summed E-state index contributed by atoms with van der Waals surface area (Å²) in [4.78, 5) is 12.6. The number of aryl methyl sites for hydroxylation is 1. The van der Waals surface area contributed by atoms with Crippen molar-refractivity contribution in [1.82, 2.24) is 5.32 Å². The minimum Gasteiger partial charge on any atom is -0.350 e. The first-order valence-corrected chi connectivity index (χ1v) is 11.0. The summed E-state index contributed by atoms with van der Waals surface area (Å²) < 4.78 is 25.8. The standard InChI is InChI=1S/C21H26N2O3S/c1-3-27(25,26)23-14-13-18-15-19(11-12-20(18)23)21(24)22-16(2)9-10-17-7-5-4-6-8-17/h4-8,11-12,15-16H,3,9-10,13-14H2,1-2H3,(H,22,24). The maximum atomic E-state index is 12.6. The Kier molecular flexibility index (Phi) is 5.85. The van der Waals surface area contributed by atoms with Crippen LogP contribution >= 0.6 is 0 Å². The molecule has 1 amide bonds. The van der Waals surface area contributed by atoms with Gasteiger partial charge in [-0.25, -0.2) is 8.42 Å². The molecule has 1 atom stereocenters. The van der Waals surface area contributed by atoms with Crippen LogP contribution in [0.2, 0.25) is 0 Å². The molecule has 1 aliphatic rings. The van der Waals surface area contributed by atoms with Gasteiger partial charge in [-0.3, -0.25) is 9.10 Å². The summed E-state index contributed by atoms with van der Waals surface area (Å²) >= 11 is 0. The number of carbonyl (C=O) groups is 1. The second-order valence-corrected chi connectivity index (χ2v) is 9.15. The van der Waals surface area contributed by atoms with Gasteiger partial charge in [0, 0.05) is 18.2 Å². The highest BCUT2D eigenvalue weighted by Gasteiger charge is 2.28. The first-order chi connectivity index (χ1) is 12.9. The van der Waals surface area contributed by atoms with Crippen molar-refractivity contribution < 1.29 is 13.2 Å². The van der Waals surface area contributed by atoms with E-state index < -0.39 is 10.0 Å². The van der Waals surface area contributed by atoms with Crippen molar-refractivity contribution in [3.63, 3.8) is 0 Å². The van der Waals surface area contributed by atoms with E-state index in [4.69, 9.17) is 0 Å². The fourth-order valence-corrected chi connectivity index (χ4v) is 4.52. The van der Waals surface area contributed by atoms with Gasteiger partial charge in [-0.2, -0.15) is 0 Å². The summed E-state index contributed by atoms with van der Waals surface area (Å²) in [7, 11) is -3.26. The molecule has 5 nitrogen and oxygen atoms in total. The first kappa shape index (κ1) is 19.4. The Hall–Kier alpha value is -2.34. The molecule has 0 aliphatic carbocycles. The van der Waals surface area contributed by atoms with Crippen molar-refractivity contribution in [1.29, 1.82) is 0 Å². The molecular formula is C21H26N2O3S. The number of rotatable bonds is 7. The maximum absolute atomic E-state index is 12.6. The summed E-state index contributed by atoms with van der Waals surface area (Å²) in [6, 6.07) is 15.5. The van der Waals surface area contributed by atoms with Gasteiger partial charge in [0.2, 0.25) is 10.0 Å². The van der Waals surface area contributed by atoms with Crippen molar-refractivity contribution in [3.8, 4) is 0 Å². The van der Waals surface area contributed by atoms with Crippen molar-refractivity contribution in [2.75, 3.05) is 16.6 Å². The van der Waals surface area contributed by atoms with Gasteiger partial charge in [-0.05, 0) is 62.4 Å². The first-order valence-electron chi connectivity index (χ1n) is 9.39. The van der Waals surface area contributed by atoms with Gasteiger partial charge in [0.05, 0.1) is 11.4 Å². The number of anilines is 1. The van der Waals surface area contributed by atoms with Gasteiger partial charge >= 0.3 is 0 Å². The van der Waals surface area contributed by atoms with Gasteiger partial charge in [0.15, 0.2) is 0 Å². The zero-order valence-electron chi connectivity index (χ0n) is 15.8. The highest BCUT2D eigenvalue weighted by molar-refractivity contribution is 7.92. The van der Waals surface area contributed by atoms with E-state index in [1.807, 2.05) is 31.2 Å². The predicted octanol–water partition coefficient (Wildman–Crippen LogP) is 3.15. The maximum Gasteiger partial charge on any atom is 0.251 e. The van der Waals surface area contributed by atoms with Crippen LogP contribution in [0.15, 0.2) is 48.5 Å². The number of hydrogen-bond acceptors (Lipinski definition) is 3. The van der Waals surface area contributed by atoms with Gasteiger partial charge in [0.1, 0.15) is 0 Å². The molecule has 1 aliphatic heterocycles. The number of carbonyl (C=O) groups excluding carboxylic acids is 1. The highest BCUT2D eigenvalue weighted by Crippen LogP contribution is 2.31. The second-order valence-electron chi connectivity index (χ2n) is 6.96. The topological polar surface area (TPSA) is 66.5 Å². The molecule has 1 unspecified atom stereocenters. The number of fused-ring (bicyclic) bond motifs is 1. The molecule has 0 aromatic heterocycles. The van der Waals surface area contributed by atoms with Gasteiger partial charge in [-0.15, -0.1) is 0 Å². The number of hydrogen-bond donors (Lipinski definition) is 1. The average Bonchev–Trinajstić information content (AvgIpc) is 3.11. The van der Waals surface area contributed by atoms with Crippen LogP contribution in [0.3, 0.4) is 0 Å². The molecule has 3 rings (SSSR count). The largest absolute Gasteiger partial charge is 0.350 e. The van der Waals surface area contributed by atoms with Crippen LogP contribution in [-0.2, 0) is 22.9 Å². The van der Waals surface area contributed by atoms with Crippen LogP contribution in [0, 0.1) is 0 Å². The quantitative estimate of drug-likeness (QED) is 0.795. The zero-order chi connectivity index (χ0) is 19.4. The molecule has 0 saturated heterocycles. The summed E-state index contributed by atoms with van der Waals surface area (Å²) in [5.41, 5.74) is 3.45. The van der Waals surface area contributed by atoms with Crippen LogP contribution in [0.25, 0.3) is 0 Å².